The number of nitrogens with zero attached hydrogens (tertiary/aromatic N) is 4. The Balaban J connectivity index is 1.38. The van der Waals surface area contributed by atoms with Gasteiger partial charge in [0.05, 0.1) is 28.9 Å². The van der Waals surface area contributed by atoms with E-state index in [0.29, 0.717) is 50.3 Å². The van der Waals surface area contributed by atoms with Crippen LogP contribution in [0.4, 0.5) is 22.4 Å². The van der Waals surface area contributed by atoms with Gasteiger partial charge in [-0.05, 0) is 49.2 Å². The molecule has 4 rings (SSSR count). The average molecular weight is 515 g/mol. The summed E-state index contributed by atoms with van der Waals surface area (Å²) in [7, 11) is 0. The average Bonchev–Trinajstić information content (AvgIpc) is 3.32. The highest BCUT2D eigenvalue weighted by molar-refractivity contribution is 5.74. The summed E-state index contributed by atoms with van der Waals surface area (Å²) in [6.45, 7) is 3.44. The first-order valence-electron chi connectivity index (χ1n) is 11.8. The molecule has 37 heavy (non-hydrogen) atoms. The molecule has 2 N–H and O–H groups in total. The molecule has 194 valence electrons. The van der Waals surface area contributed by atoms with Crippen molar-refractivity contribution in [1.82, 2.24) is 25.1 Å². The maximum atomic E-state index is 14.0. The van der Waals surface area contributed by atoms with E-state index in [9.17, 15) is 22.4 Å². The van der Waals surface area contributed by atoms with E-state index in [2.05, 4.69) is 26.3 Å². The van der Waals surface area contributed by atoms with Crippen molar-refractivity contribution < 1.29 is 22.4 Å². The minimum atomic E-state index is -4.59. The number of nitriles is 1. The first-order valence-corrected chi connectivity index (χ1v) is 11.8. The van der Waals surface area contributed by atoms with Gasteiger partial charge < -0.3 is 15.2 Å². The molecule has 0 saturated carbocycles. The minimum absolute atomic E-state index is 0.0291. The highest BCUT2D eigenvalue weighted by Crippen LogP contribution is 2.30. The van der Waals surface area contributed by atoms with Gasteiger partial charge >= 0.3 is 12.2 Å². The standard InChI is InChI=1S/C26H26F4N6O/c1-17-32-16-23(34-17)24(12-18-2-4-19(14-31)5-3-18)35-8-10-36(11-9-35)25(37)33-15-20-13-21(26(28,29)30)6-7-22(20)27/h2-7,13,16,24H,8-12,15H2,1H3,(H,32,34)(H,33,37). The van der Waals surface area contributed by atoms with Gasteiger partial charge in [0.1, 0.15) is 11.6 Å². The fourth-order valence-corrected chi connectivity index (χ4v) is 4.39. The highest BCUT2D eigenvalue weighted by atomic mass is 19.4. The van der Waals surface area contributed by atoms with Crippen LogP contribution in [0.25, 0.3) is 0 Å². The summed E-state index contributed by atoms with van der Waals surface area (Å²) in [5.41, 5.74) is 1.40. The van der Waals surface area contributed by atoms with Gasteiger partial charge in [0, 0.05) is 44.5 Å². The number of benzene rings is 2. The summed E-state index contributed by atoms with van der Waals surface area (Å²) in [6.07, 6.45) is -2.12. The maximum absolute atomic E-state index is 14.0. The lowest BCUT2D eigenvalue weighted by Gasteiger charge is -2.39. The van der Waals surface area contributed by atoms with E-state index in [1.54, 1.807) is 23.2 Å². The second-order valence-corrected chi connectivity index (χ2v) is 8.94. The molecule has 7 nitrogen and oxygen atoms in total. The summed E-state index contributed by atoms with van der Waals surface area (Å²) >= 11 is 0. The number of alkyl halides is 3. The zero-order valence-electron chi connectivity index (χ0n) is 20.1. The molecule has 2 amide bonds. The first kappa shape index (κ1) is 26.2. The Bertz CT molecular complexity index is 1270. The maximum Gasteiger partial charge on any atom is 0.416 e. The zero-order valence-corrected chi connectivity index (χ0v) is 20.1. The van der Waals surface area contributed by atoms with Crippen LogP contribution in [0.5, 0.6) is 0 Å². The number of carbonyl (C=O) groups excluding carboxylic acids is 1. The first-order chi connectivity index (χ1) is 17.6. The Labute approximate surface area is 211 Å². The number of aryl methyl sites for hydroxylation is 1. The summed E-state index contributed by atoms with van der Waals surface area (Å²) in [5.74, 6) is -0.0155. The lowest BCUT2D eigenvalue weighted by molar-refractivity contribution is -0.137. The van der Waals surface area contributed by atoms with E-state index >= 15 is 0 Å². The third-order valence-corrected chi connectivity index (χ3v) is 6.44. The van der Waals surface area contributed by atoms with Gasteiger partial charge in [-0.25, -0.2) is 14.2 Å². The number of imidazole rings is 1. The zero-order chi connectivity index (χ0) is 26.6. The van der Waals surface area contributed by atoms with Crippen LogP contribution in [0.2, 0.25) is 0 Å². The van der Waals surface area contributed by atoms with Crippen LogP contribution in [0, 0.1) is 24.1 Å². The van der Waals surface area contributed by atoms with Gasteiger partial charge in [-0.2, -0.15) is 18.4 Å². The quantitative estimate of drug-likeness (QED) is 0.472. The third-order valence-electron chi connectivity index (χ3n) is 6.44. The van der Waals surface area contributed by atoms with Crippen LogP contribution < -0.4 is 5.32 Å². The van der Waals surface area contributed by atoms with Crippen molar-refractivity contribution in [1.29, 1.82) is 5.26 Å². The Morgan fingerprint density at radius 2 is 1.86 bits per heavy atom. The molecule has 1 atom stereocenters. The van der Waals surface area contributed by atoms with Crippen molar-refractivity contribution in [2.45, 2.75) is 32.1 Å². The summed E-state index contributed by atoms with van der Waals surface area (Å²) < 4.78 is 52.8. The number of hydrogen-bond donors (Lipinski definition) is 2. The second-order valence-electron chi connectivity index (χ2n) is 8.94. The molecule has 1 aliphatic heterocycles. The highest BCUT2D eigenvalue weighted by Gasteiger charge is 2.31. The lowest BCUT2D eigenvalue weighted by Crippen LogP contribution is -2.52. The molecule has 1 aliphatic rings. The molecule has 0 aliphatic carbocycles. The number of halogens is 4. The van der Waals surface area contributed by atoms with Crippen LogP contribution in [0.15, 0.2) is 48.7 Å². The SMILES string of the molecule is Cc1ncc(C(Cc2ccc(C#N)cc2)N2CCN(C(=O)NCc3cc(C(F)(F)F)ccc3F)CC2)[nH]1. The topological polar surface area (TPSA) is 88.1 Å². The molecular weight excluding hydrogens is 488 g/mol. The van der Waals surface area contributed by atoms with Gasteiger partial charge in [-0.3, -0.25) is 4.90 Å². The van der Waals surface area contributed by atoms with Gasteiger partial charge in [0.25, 0.3) is 0 Å². The third kappa shape index (κ3) is 6.46. The summed E-state index contributed by atoms with van der Waals surface area (Å²) in [6, 6.07) is 11.2. The van der Waals surface area contributed by atoms with E-state index in [1.807, 2.05) is 19.1 Å². The molecule has 11 heteroatoms. The predicted octanol–water partition coefficient (Wildman–Crippen LogP) is 4.56. The molecular formula is C26H26F4N6O. The number of nitrogens with one attached hydrogen (secondary N) is 2. The molecule has 0 bridgehead atoms. The van der Waals surface area contributed by atoms with E-state index in [0.717, 1.165) is 23.1 Å². The van der Waals surface area contributed by atoms with Crippen LogP contribution in [-0.2, 0) is 19.1 Å². The molecule has 2 aromatic carbocycles. The van der Waals surface area contributed by atoms with Crippen LogP contribution in [-0.4, -0.2) is 52.0 Å². The van der Waals surface area contributed by atoms with Crippen LogP contribution in [0.1, 0.15) is 39.8 Å². The molecule has 1 saturated heterocycles. The molecule has 0 spiro atoms. The van der Waals surface area contributed by atoms with Gasteiger partial charge in [-0.1, -0.05) is 12.1 Å². The fraction of sp³-hybridized carbons (Fsp3) is 0.346. The number of carbonyl (C=O) groups is 1. The fourth-order valence-electron chi connectivity index (χ4n) is 4.39. The smallest absolute Gasteiger partial charge is 0.345 e. The number of rotatable bonds is 6. The number of H-pyrrole nitrogens is 1. The molecule has 0 radical (unpaired) electrons. The Morgan fingerprint density at radius 3 is 2.46 bits per heavy atom. The predicted molar refractivity (Wildman–Crippen MR) is 128 cm³/mol. The van der Waals surface area contributed by atoms with Crippen LogP contribution in [0.3, 0.4) is 0 Å². The second kappa shape index (κ2) is 11.0. The van der Waals surface area contributed by atoms with E-state index in [1.165, 1.54) is 0 Å². The minimum Gasteiger partial charge on any atom is -0.345 e. The van der Waals surface area contributed by atoms with E-state index in [4.69, 9.17) is 5.26 Å². The van der Waals surface area contributed by atoms with Gasteiger partial charge in [0.2, 0.25) is 0 Å². The number of amides is 2. The monoisotopic (exact) mass is 514 g/mol. The molecule has 1 fully saturated rings. The molecule has 1 aromatic heterocycles. The van der Waals surface area contributed by atoms with Crippen molar-refractivity contribution in [3.63, 3.8) is 0 Å². The van der Waals surface area contributed by atoms with Crippen molar-refractivity contribution in [3.05, 3.63) is 88.3 Å². The largest absolute Gasteiger partial charge is 0.416 e. The van der Waals surface area contributed by atoms with Crippen molar-refractivity contribution in [2.24, 2.45) is 0 Å². The van der Waals surface area contributed by atoms with E-state index < -0.39 is 23.6 Å². The molecule has 1 unspecified atom stereocenters. The molecule has 3 aromatic rings. The summed E-state index contributed by atoms with van der Waals surface area (Å²) in [5, 5.41) is 11.6. The molecule has 2 heterocycles. The Kier molecular flexibility index (Phi) is 7.78. The number of piperazine rings is 1. The Morgan fingerprint density at radius 1 is 1.16 bits per heavy atom. The lowest BCUT2D eigenvalue weighted by atomic mass is 10.0. The van der Waals surface area contributed by atoms with Gasteiger partial charge in [-0.15, -0.1) is 0 Å². The number of urea groups is 1. The van der Waals surface area contributed by atoms with E-state index in [-0.39, 0.29) is 18.2 Å². The van der Waals surface area contributed by atoms with Crippen molar-refractivity contribution >= 4 is 6.03 Å². The van der Waals surface area contributed by atoms with Crippen LogP contribution >= 0.6 is 0 Å². The number of aromatic amines is 1. The normalized spacial score (nSPS) is 15.3. The van der Waals surface area contributed by atoms with Gasteiger partial charge in [0.15, 0.2) is 0 Å². The number of aromatic nitrogens is 2. The van der Waals surface area contributed by atoms with Crippen molar-refractivity contribution in [3.8, 4) is 6.07 Å². The summed E-state index contributed by atoms with van der Waals surface area (Å²) in [4.78, 5) is 24.1. The van der Waals surface area contributed by atoms with Crippen molar-refractivity contribution in [2.75, 3.05) is 26.2 Å². The Hall–Kier alpha value is -3.91. The number of hydrogen-bond acceptors (Lipinski definition) is 4.